The van der Waals surface area contributed by atoms with E-state index in [1.165, 1.54) is 4.90 Å². The molecule has 2 unspecified atom stereocenters. The van der Waals surface area contributed by atoms with Crippen molar-refractivity contribution in [2.24, 2.45) is 0 Å². The average molecular weight is 262 g/mol. The van der Waals surface area contributed by atoms with E-state index in [1.807, 2.05) is 19.9 Å². The molecule has 0 saturated carbocycles. The Bertz CT molecular complexity index is 463. The smallest absolute Gasteiger partial charge is 0.247 e. The zero-order valence-corrected chi connectivity index (χ0v) is 11.2. The van der Waals surface area contributed by atoms with Gasteiger partial charge in [-0.3, -0.25) is 19.8 Å². The summed E-state index contributed by atoms with van der Waals surface area (Å²) in [6.07, 6.45) is 2.59. The van der Waals surface area contributed by atoms with Crippen LogP contribution in [0, 0.1) is 0 Å². The number of aromatic nitrogens is 2. The number of imide groups is 1. The number of likely N-dealkylation sites (tertiary alicyclic amines) is 1. The van der Waals surface area contributed by atoms with E-state index in [0.717, 1.165) is 12.1 Å². The van der Waals surface area contributed by atoms with Crippen molar-refractivity contribution in [1.29, 1.82) is 0 Å². The van der Waals surface area contributed by atoms with Crippen molar-refractivity contribution in [3.63, 3.8) is 0 Å². The zero-order chi connectivity index (χ0) is 13.8. The summed E-state index contributed by atoms with van der Waals surface area (Å²) in [5.41, 5.74) is 0.754. The monoisotopic (exact) mass is 262 g/mol. The Morgan fingerprint density at radius 2 is 2.32 bits per heavy atom. The minimum atomic E-state index is -0.441. The van der Waals surface area contributed by atoms with E-state index >= 15 is 0 Å². The third-order valence-corrected chi connectivity index (χ3v) is 3.37. The fraction of sp³-hybridized carbons (Fsp3) is 0.538. The molecule has 1 aromatic rings. The van der Waals surface area contributed by atoms with E-state index in [-0.39, 0.29) is 24.3 Å². The topological polar surface area (TPSA) is 75.2 Å². The van der Waals surface area contributed by atoms with Crippen LogP contribution in [-0.4, -0.2) is 39.0 Å². The number of amides is 2. The minimum absolute atomic E-state index is 0.0386. The molecule has 1 aromatic heterocycles. The van der Waals surface area contributed by atoms with E-state index < -0.39 is 6.04 Å². The summed E-state index contributed by atoms with van der Waals surface area (Å²) >= 11 is 0. The van der Waals surface area contributed by atoms with Crippen LogP contribution in [0.25, 0.3) is 0 Å². The van der Waals surface area contributed by atoms with Gasteiger partial charge in [-0.25, -0.2) is 0 Å². The van der Waals surface area contributed by atoms with Gasteiger partial charge in [-0.1, -0.05) is 6.92 Å². The second-order valence-corrected chi connectivity index (χ2v) is 4.71. The van der Waals surface area contributed by atoms with Crippen LogP contribution in [0.5, 0.6) is 0 Å². The van der Waals surface area contributed by atoms with Crippen molar-refractivity contribution in [2.45, 2.75) is 45.3 Å². The largest absolute Gasteiger partial charge is 0.300 e. The lowest BCUT2D eigenvalue weighted by Gasteiger charge is -2.21. The summed E-state index contributed by atoms with van der Waals surface area (Å²) in [5.74, 6) is -0.237. The number of hydrogen-bond donors (Lipinski definition) is 1. The molecule has 0 aromatic carbocycles. The van der Waals surface area contributed by atoms with Gasteiger partial charge in [0.2, 0.25) is 11.8 Å². The van der Waals surface area contributed by atoms with Gasteiger partial charge in [-0.05, 0) is 25.5 Å². The van der Waals surface area contributed by atoms with Crippen molar-refractivity contribution in [3.8, 4) is 0 Å². The molecule has 6 nitrogen and oxygen atoms in total. The number of carbonyl (C=O) groups excluding carboxylic acids is 2. The number of nitrogens with zero attached hydrogens (tertiary/aromatic N) is 3. The Balaban J connectivity index is 1.96. The van der Waals surface area contributed by atoms with Gasteiger partial charge in [0.1, 0.15) is 0 Å². The highest BCUT2D eigenvalue weighted by Gasteiger charge is 2.40. The fourth-order valence-corrected chi connectivity index (χ4v) is 2.11. The first kappa shape index (κ1) is 13.6. The molecule has 1 saturated heterocycles. The molecule has 0 radical (unpaired) electrons. The van der Waals surface area contributed by atoms with Crippen molar-refractivity contribution in [3.05, 3.63) is 24.0 Å². The van der Waals surface area contributed by atoms with E-state index in [4.69, 9.17) is 0 Å². The maximum Gasteiger partial charge on any atom is 0.247 e. The molecule has 0 spiro atoms. The summed E-state index contributed by atoms with van der Waals surface area (Å²) in [6.45, 7) is 4.29. The number of nitrogens with one attached hydrogen (secondary N) is 1. The van der Waals surface area contributed by atoms with Gasteiger partial charge < -0.3 is 0 Å². The molecule has 1 fully saturated rings. The Morgan fingerprint density at radius 1 is 1.53 bits per heavy atom. The molecule has 0 bridgehead atoms. The van der Waals surface area contributed by atoms with Gasteiger partial charge in [0, 0.05) is 18.8 Å². The third kappa shape index (κ3) is 2.96. The summed E-state index contributed by atoms with van der Waals surface area (Å²) in [7, 11) is 0. The molecule has 6 heteroatoms. The van der Waals surface area contributed by atoms with Crippen LogP contribution in [0.3, 0.4) is 0 Å². The van der Waals surface area contributed by atoms with E-state index in [1.54, 1.807) is 12.3 Å². The molecular weight excluding hydrogens is 244 g/mol. The SMILES string of the molecule is CCC(C)N1C(=O)CC(NCc2cccnn2)C1=O. The molecule has 0 aliphatic carbocycles. The fourth-order valence-electron chi connectivity index (χ4n) is 2.11. The molecule has 2 rings (SSSR count). The Kier molecular flexibility index (Phi) is 4.21. The van der Waals surface area contributed by atoms with Crippen LogP contribution in [0.1, 0.15) is 32.4 Å². The molecule has 1 aliphatic heterocycles. The number of rotatable bonds is 5. The normalized spacial score (nSPS) is 20.9. The first-order valence-electron chi connectivity index (χ1n) is 6.49. The highest BCUT2D eigenvalue weighted by Crippen LogP contribution is 2.18. The molecular formula is C13H18N4O2. The average Bonchev–Trinajstić information content (AvgIpc) is 2.71. The van der Waals surface area contributed by atoms with Crippen molar-refractivity contribution in [1.82, 2.24) is 20.4 Å². The molecule has 1 aliphatic rings. The molecule has 1 N–H and O–H groups in total. The van der Waals surface area contributed by atoms with Gasteiger partial charge in [0.05, 0.1) is 18.2 Å². The molecule has 2 atom stereocenters. The lowest BCUT2D eigenvalue weighted by atomic mass is 10.2. The van der Waals surface area contributed by atoms with Gasteiger partial charge in [0.15, 0.2) is 0 Å². The predicted octanol–water partition coefficient (Wildman–Crippen LogP) is 0.492. The van der Waals surface area contributed by atoms with Gasteiger partial charge in [-0.2, -0.15) is 10.2 Å². The van der Waals surface area contributed by atoms with Crippen LogP contribution < -0.4 is 5.32 Å². The predicted molar refractivity (Wildman–Crippen MR) is 68.9 cm³/mol. The summed E-state index contributed by atoms with van der Waals surface area (Å²) in [6, 6.07) is 3.14. The second-order valence-electron chi connectivity index (χ2n) is 4.71. The highest BCUT2D eigenvalue weighted by atomic mass is 16.2. The molecule has 102 valence electrons. The Morgan fingerprint density at radius 3 is 2.95 bits per heavy atom. The van der Waals surface area contributed by atoms with E-state index in [9.17, 15) is 9.59 Å². The van der Waals surface area contributed by atoms with E-state index in [2.05, 4.69) is 15.5 Å². The summed E-state index contributed by atoms with van der Waals surface area (Å²) < 4.78 is 0. The van der Waals surface area contributed by atoms with Crippen LogP contribution in [0.15, 0.2) is 18.3 Å². The molecule has 2 heterocycles. The second kappa shape index (κ2) is 5.88. The lowest BCUT2D eigenvalue weighted by molar-refractivity contribution is -0.141. The first-order chi connectivity index (χ1) is 9.13. The lowest BCUT2D eigenvalue weighted by Crippen LogP contribution is -2.42. The van der Waals surface area contributed by atoms with E-state index in [0.29, 0.717) is 6.54 Å². The van der Waals surface area contributed by atoms with Gasteiger partial charge >= 0.3 is 0 Å². The van der Waals surface area contributed by atoms with Crippen molar-refractivity contribution < 1.29 is 9.59 Å². The highest BCUT2D eigenvalue weighted by molar-refractivity contribution is 6.05. The first-order valence-corrected chi connectivity index (χ1v) is 6.49. The standard InChI is InChI=1S/C13H18N4O2/c1-3-9(2)17-12(18)7-11(13(17)19)14-8-10-5-4-6-15-16-10/h4-6,9,11,14H,3,7-8H2,1-2H3. The number of hydrogen-bond acceptors (Lipinski definition) is 5. The van der Waals surface area contributed by atoms with Crippen LogP contribution >= 0.6 is 0 Å². The maximum atomic E-state index is 12.1. The van der Waals surface area contributed by atoms with Crippen molar-refractivity contribution in [2.75, 3.05) is 0 Å². The van der Waals surface area contributed by atoms with Gasteiger partial charge in [-0.15, -0.1) is 0 Å². The maximum absolute atomic E-state index is 12.1. The third-order valence-electron chi connectivity index (χ3n) is 3.37. The van der Waals surface area contributed by atoms with Crippen LogP contribution in [0.2, 0.25) is 0 Å². The van der Waals surface area contributed by atoms with Crippen LogP contribution in [0.4, 0.5) is 0 Å². The minimum Gasteiger partial charge on any atom is -0.300 e. The van der Waals surface area contributed by atoms with Gasteiger partial charge in [0.25, 0.3) is 0 Å². The molecule has 2 amide bonds. The number of carbonyl (C=O) groups is 2. The summed E-state index contributed by atoms with van der Waals surface area (Å²) in [4.78, 5) is 25.4. The quantitative estimate of drug-likeness (QED) is 0.782. The Labute approximate surface area is 112 Å². The van der Waals surface area contributed by atoms with Crippen molar-refractivity contribution >= 4 is 11.8 Å². The Hall–Kier alpha value is -1.82. The summed E-state index contributed by atoms with van der Waals surface area (Å²) in [5, 5.41) is 10.8. The van der Waals surface area contributed by atoms with Crippen LogP contribution in [-0.2, 0) is 16.1 Å². The zero-order valence-electron chi connectivity index (χ0n) is 11.2. The molecule has 19 heavy (non-hydrogen) atoms.